The maximum atomic E-state index is 13.1. The number of carbonyl (C=O) groups excluding carboxylic acids is 1. The van der Waals surface area contributed by atoms with Gasteiger partial charge in [0.05, 0.1) is 11.1 Å². The molecule has 7 heteroatoms. The van der Waals surface area contributed by atoms with Gasteiger partial charge in [0.2, 0.25) is 5.91 Å². The van der Waals surface area contributed by atoms with Gasteiger partial charge in [-0.05, 0) is 51.3 Å². The van der Waals surface area contributed by atoms with Crippen molar-refractivity contribution < 1.29 is 4.79 Å². The first-order valence-corrected chi connectivity index (χ1v) is 11.2. The molecule has 5 nitrogen and oxygen atoms in total. The van der Waals surface area contributed by atoms with E-state index in [1.807, 2.05) is 52.0 Å². The quantitative estimate of drug-likeness (QED) is 0.457. The monoisotopic (exact) mass is 415 g/mol. The molecule has 0 saturated carbocycles. The number of thioether (sulfide) groups is 1. The molecule has 1 amide bonds. The highest BCUT2D eigenvalue weighted by Crippen LogP contribution is 2.29. The Morgan fingerprint density at radius 1 is 1.29 bits per heavy atom. The smallest absolute Gasteiger partial charge is 0.263 e. The largest absolute Gasteiger partial charge is 0.325 e. The normalized spacial score (nSPS) is 11.4. The molecule has 0 unspecified atom stereocenters. The number of thiophene rings is 1. The fraction of sp³-hybridized carbons (Fsp3) is 0.381. The molecule has 0 aliphatic heterocycles. The molecular formula is C21H25N3O2S2. The van der Waals surface area contributed by atoms with Crippen LogP contribution in [0.3, 0.4) is 0 Å². The Hall–Kier alpha value is -2.12. The van der Waals surface area contributed by atoms with E-state index in [0.717, 1.165) is 32.9 Å². The molecule has 0 spiro atoms. The van der Waals surface area contributed by atoms with Gasteiger partial charge in [-0.15, -0.1) is 11.3 Å². The lowest BCUT2D eigenvalue weighted by atomic mass is 10.1. The van der Waals surface area contributed by atoms with Crippen LogP contribution in [0.25, 0.3) is 10.2 Å². The van der Waals surface area contributed by atoms with Gasteiger partial charge >= 0.3 is 0 Å². The number of para-hydroxylation sites is 1. The van der Waals surface area contributed by atoms with Crippen molar-refractivity contribution in [1.82, 2.24) is 9.55 Å². The van der Waals surface area contributed by atoms with Gasteiger partial charge in [-0.3, -0.25) is 14.2 Å². The van der Waals surface area contributed by atoms with Crippen molar-refractivity contribution in [2.45, 2.75) is 52.2 Å². The average molecular weight is 416 g/mol. The number of rotatable bonds is 6. The minimum absolute atomic E-state index is 0.0268. The molecule has 3 aromatic rings. The highest BCUT2D eigenvalue weighted by Gasteiger charge is 2.19. The van der Waals surface area contributed by atoms with Gasteiger partial charge in [0.1, 0.15) is 4.83 Å². The Morgan fingerprint density at radius 3 is 2.68 bits per heavy atom. The molecule has 148 valence electrons. The fourth-order valence-electron chi connectivity index (χ4n) is 3.11. The Bertz CT molecular complexity index is 1080. The molecule has 0 saturated heterocycles. The van der Waals surface area contributed by atoms with Crippen LogP contribution in [0.1, 0.15) is 42.8 Å². The van der Waals surface area contributed by atoms with Crippen LogP contribution in [0, 0.1) is 13.8 Å². The lowest BCUT2D eigenvalue weighted by molar-refractivity contribution is -0.113. The van der Waals surface area contributed by atoms with Crippen LogP contribution in [0.15, 0.2) is 34.2 Å². The van der Waals surface area contributed by atoms with Crippen molar-refractivity contribution >= 4 is 44.9 Å². The summed E-state index contributed by atoms with van der Waals surface area (Å²) in [5.41, 5.74) is 2.91. The lowest BCUT2D eigenvalue weighted by Gasteiger charge is -2.15. The van der Waals surface area contributed by atoms with E-state index < -0.39 is 0 Å². The number of benzene rings is 1. The number of hydrogen-bond acceptors (Lipinski definition) is 5. The molecule has 0 radical (unpaired) electrons. The zero-order valence-electron chi connectivity index (χ0n) is 16.8. The van der Waals surface area contributed by atoms with Crippen LogP contribution in [0.2, 0.25) is 0 Å². The maximum Gasteiger partial charge on any atom is 0.263 e. The van der Waals surface area contributed by atoms with Crippen LogP contribution >= 0.6 is 23.1 Å². The summed E-state index contributed by atoms with van der Waals surface area (Å²) in [6, 6.07) is 7.77. The Morgan fingerprint density at radius 2 is 2.00 bits per heavy atom. The predicted molar refractivity (Wildman–Crippen MR) is 119 cm³/mol. The molecule has 1 aromatic carbocycles. The van der Waals surface area contributed by atoms with Gasteiger partial charge < -0.3 is 5.32 Å². The van der Waals surface area contributed by atoms with Gasteiger partial charge in [0.25, 0.3) is 5.56 Å². The van der Waals surface area contributed by atoms with Gasteiger partial charge in [-0.1, -0.05) is 36.9 Å². The van der Waals surface area contributed by atoms with Crippen LogP contribution in [0.4, 0.5) is 5.69 Å². The maximum absolute atomic E-state index is 13.1. The third-order valence-corrected chi connectivity index (χ3v) is 6.78. The molecule has 2 aromatic heterocycles. The summed E-state index contributed by atoms with van der Waals surface area (Å²) in [5.74, 6) is 0.0978. The number of hydrogen-bond donors (Lipinski definition) is 1. The number of anilines is 1. The van der Waals surface area contributed by atoms with Gasteiger partial charge in [0, 0.05) is 16.6 Å². The number of aryl methyl sites for hydroxylation is 3. The first kappa shape index (κ1) is 20.6. The summed E-state index contributed by atoms with van der Waals surface area (Å²) in [7, 11) is 0. The van der Waals surface area contributed by atoms with Crippen LogP contribution in [0.5, 0.6) is 0 Å². The summed E-state index contributed by atoms with van der Waals surface area (Å²) in [5, 5.41) is 4.26. The highest BCUT2D eigenvalue weighted by atomic mass is 32.2. The zero-order chi connectivity index (χ0) is 20.4. The summed E-state index contributed by atoms with van der Waals surface area (Å²) in [6.07, 6.45) is 0.853. The van der Waals surface area contributed by atoms with E-state index in [0.29, 0.717) is 10.5 Å². The van der Waals surface area contributed by atoms with E-state index in [1.54, 1.807) is 4.57 Å². The van der Waals surface area contributed by atoms with Crippen molar-refractivity contribution in [3.63, 3.8) is 0 Å². The summed E-state index contributed by atoms with van der Waals surface area (Å²) in [6.45, 7) is 9.96. The van der Waals surface area contributed by atoms with E-state index in [9.17, 15) is 9.59 Å². The molecule has 0 aliphatic rings. The number of aromatic nitrogens is 2. The van der Waals surface area contributed by atoms with E-state index in [-0.39, 0.29) is 23.3 Å². The van der Waals surface area contributed by atoms with Crippen LogP contribution in [-0.4, -0.2) is 21.2 Å². The second kappa shape index (κ2) is 8.49. The Kier molecular flexibility index (Phi) is 6.25. The average Bonchev–Trinajstić information content (AvgIpc) is 2.94. The predicted octanol–water partition coefficient (Wildman–Crippen LogP) is 4.95. The van der Waals surface area contributed by atoms with Gasteiger partial charge in [-0.25, -0.2) is 4.98 Å². The second-order valence-electron chi connectivity index (χ2n) is 6.97. The molecule has 0 aliphatic carbocycles. The minimum atomic E-state index is -0.103. The lowest BCUT2D eigenvalue weighted by Crippen LogP contribution is -2.25. The number of fused-ring (bicyclic) bond motifs is 1. The topological polar surface area (TPSA) is 64.0 Å². The SMILES string of the molecule is CCc1ccccc1NC(=O)CSc1nc2sc(C)c(C)c2c(=O)n1C(C)C. The number of carbonyl (C=O) groups is 1. The van der Waals surface area contributed by atoms with Crippen molar-refractivity contribution in [3.05, 3.63) is 50.6 Å². The molecule has 1 N–H and O–H groups in total. The molecule has 2 heterocycles. The molecule has 28 heavy (non-hydrogen) atoms. The number of amides is 1. The molecule has 3 rings (SSSR count). The van der Waals surface area contributed by atoms with Gasteiger partial charge in [-0.2, -0.15) is 0 Å². The third kappa shape index (κ3) is 4.00. The van der Waals surface area contributed by atoms with E-state index in [1.165, 1.54) is 23.1 Å². The molecule has 0 bridgehead atoms. The first-order valence-electron chi connectivity index (χ1n) is 9.36. The second-order valence-corrected chi connectivity index (χ2v) is 9.12. The minimum Gasteiger partial charge on any atom is -0.325 e. The fourth-order valence-corrected chi connectivity index (χ4v) is 5.11. The number of nitrogens with zero attached hydrogens (tertiary/aromatic N) is 2. The highest BCUT2D eigenvalue weighted by molar-refractivity contribution is 7.99. The third-order valence-electron chi connectivity index (χ3n) is 4.72. The summed E-state index contributed by atoms with van der Waals surface area (Å²) >= 11 is 2.84. The van der Waals surface area contributed by atoms with Gasteiger partial charge in [0.15, 0.2) is 5.16 Å². The van der Waals surface area contributed by atoms with Crippen molar-refractivity contribution in [2.75, 3.05) is 11.1 Å². The molecule has 0 atom stereocenters. The van der Waals surface area contributed by atoms with Crippen LogP contribution < -0.4 is 10.9 Å². The molecule has 0 fully saturated rings. The van der Waals surface area contributed by atoms with E-state index in [4.69, 9.17) is 4.98 Å². The van der Waals surface area contributed by atoms with Crippen molar-refractivity contribution in [2.24, 2.45) is 0 Å². The summed E-state index contributed by atoms with van der Waals surface area (Å²) in [4.78, 5) is 32.1. The van der Waals surface area contributed by atoms with Crippen LogP contribution in [-0.2, 0) is 11.2 Å². The standard InChI is InChI=1S/C21H25N3O2S2/c1-6-15-9-7-8-10-16(15)22-17(25)11-27-21-23-19-18(13(4)14(5)28-19)20(26)24(21)12(2)3/h7-10,12H,6,11H2,1-5H3,(H,22,25). The first-order chi connectivity index (χ1) is 13.3. The van der Waals surface area contributed by atoms with Crippen molar-refractivity contribution in [3.8, 4) is 0 Å². The van der Waals surface area contributed by atoms with E-state index >= 15 is 0 Å². The summed E-state index contributed by atoms with van der Waals surface area (Å²) < 4.78 is 1.69. The Balaban J connectivity index is 1.86. The molecular weight excluding hydrogens is 390 g/mol. The van der Waals surface area contributed by atoms with E-state index in [2.05, 4.69) is 12.2 Å². The Labute approximate surface area is 173 Å². The zero-order valence-corrected chi connectivity index (χ0v) is 18.5. The van der Waals surface area contributed by atoms with Crippen molar-refractivity contribution in [1.29, 1.82) is 0 Å². The number of nitrogens with one attached hydrogen (secondary N) is 1.